The van der Waals surface area contributed by atoms with Crippen LogP contribution in [-0.4, -0.2) is 18.2 Å². The molecule has 1 heterocycles. The van der Waals surface area contributed by atoms with Crippen LogP contribution in [0.1, 0.15) is 17.0 Å². The lowest BCUT2D eigenvalue weighted by molar-refractivity contribution is 0.607. The van der Waals surface area contributed by atoms with E-state index < -0.39 is 9.05 Å². The van der Waals surface area contributed by atoms with Gasteiger partial charge in [0.05, 0.1) is 17.9 Å². The minimum Gasteiger partial charge on any atom is -0.264 e. The largest absolute Gasteiger partial charge is 0.264 e. The molecule has 0 N–H and O–H groups in total. The van der Waals surface area contributed by atoms with E-state index in [4.69, 9.17) is 10.7 Å². The lowest BCUT2D eigenvalue weighted by Crippen LogP contribution is -2.04. The second kappa shape index (κ2) is 5.26. The van der Waals surface area contributed by atoms with Crippen LogP contribution in [0.5, 0.6) is 0 Å². The van der Waals surface area contributed by atoms with Gasteiger partial charge in [0.2, 0.25) is 0 Å². The molecule has 0 aliphatic carbocycles. The molecule has 1 aromatic heterocycles. The van der Waals surface area contributed by atoms with E-state index in [2.05, 4.69) is 21.0 Å². The average molecular weight is 364 g/mol. The fraction of sp³-hybridized carbons (Fsp3) is 0.250. The molecule has 2 rings (SSSR count). The van der Waals surface area contributed by atoms with Gasteiger partial charge >= 0.3 is 0 Å². The van der Waals surface area contributed by atoms with Crippen molar-refractivity contribution in [2.24, 2.45) is 0 Å². The molecule has 0 radical (unpaired) electrons. The first-order valence-corrected chi connectivity index (χ1v) is 8.62. The first kappa shape index (κ1) is 14.6. The summed E-state index contributed by atoms with van der Waals surface area (Å²) < 4.78 is 25.6. The van der Waals surface area contributed by atoms with Crippen molar-refractivity contribution in [2.45, 2.75) is 25.3 Å². The van der Waals surface area contributed by atoms with Gasteiger partial charge in [0, 0.05) is 15.2 Å². The molecule has 0 fully saturated rings. The number of hydrogen-bond donors (Lipinski definition) is 0. The quantitative estimate of drug-likeness (QED) is 0.787. The van der Waals surface area contributed by atoms with Crippen molar-refractivity contribution in [1.29, 1.82) is 0 Å². The first-order chi connectivity index (χ1) is 8.79. The smallest absolute Gasteiger partial charge is 0.264 e. The summed E-state index contributed by atoms with van der Waals surface area (Å²) in [5.41, 5.74) is 1.99. The number of benzene rings is 1. The molecule has 0 bridgehead atoms. The summed E-state index contributed by atoms with van der Waals surface area (Å²) in [6.45, 7) is 3.84. The molecule has 0 aliphatic heterocycles. The maximum atomic E-state index is 11.5. The monoisotopic (exact) mass is 362 g/mol. The van der Waals surface area contributed by atoms with Crippen molar-refractivity contribution < 1.29 is 8.42 Å². The van der Waals surface area contributed by atoms with Gasteiger partial charge in [-0.15, -0.1) is 0 Å². The van der Waals surface area contributed by atoms with Gasteiger partial charge in [-0.05, 0) is 31.5 Å². The van der Waals surface area contributed by atoms with Crippen LogP contribution in [0.3, 0.4) is 0 Å². The van der Waals surface area contributed by atoms with Crippen LogP contribution in [0.15, 0.2) is 33.6 Å². The Hall–Kier alpha value is -0.850. The van der Waals surface area contributed by atoms with Crippen LogP contribution in [0.2, 0.25) is 0 Å². The number of hydrogen-bond acceptors (Lipinski definition) is 3. The SMILES string of the molecule is Cc1nn(Cc2cccc(Br)c2)c(C)c1S(=O)(=O)Cl. The topological polar surface area (TPSA) is 52.0 Å². The van der Waals surface area contributed by atoms with E-state index in [0.717, 1.165) is 10.0 Å². The number of aromatic nitrogens is 2. The van der Waals surface area contributed by atoms with Gasteiger partial charge < -0.3 is 0 Å². The average Bonchev–Trinajstić information content (AvgIpc) is 2.53. The normalized spacial score (nSPS) is 11.8. The molecule has 0 aliphatic rings. The minimum atomic E-state index is -3.76. The summed E-state index contributed by atoms with van der Waals surface area (Å²) in [5, 5.41) is 4.24. The molecule has 102 valence electrons. The number of rotatable bonds is 3. The zero-order chi connectivity index (χ0) is 14.2. The van der Waals surface area contributed by atoms with E-state index >= 15 is 0 Å². The third-order valence-electron chi connectivity index (χ3n) is 2.78. The number of nitrogens with zero attached hydrogens (tertiary/aromatic N) is 2. The highest BCUT2D eigenvalue weighted by Gasteiger charge is 2.22. The third kappa shape index (κ3) is 3.19. The maximum Gasteiger partial charge on any atom is 0.264 e. The molecule has 2 aromatic rings. The van der Waals surface area contributed by atoms with E-state index in [9.17, 15) is 8.42 Å². The molecule has 19 heavy (non-hydrogen) atoms. The molecule has 4 nitrogen and oxygen atoms in total. The zero-order valence-corrected chi connectivity index (χ0v) is 13.6. The summed E-state index contributed by atoms with van der Waals surface area (Å²) in [6, 6.07) is 7.77. The van der Waals surface area contributed by atoms with Gasteiger partial charge in [-0.25, -0.2) is 8.42 Å². The Morgan fingerprint density at radius 2 is 2.05 bits per heavy atom. The molecule has 0 saturated heterocycles. The molecule has 0 spiro atoms. The van der Waals surface area contributed by atoms with Crippen LogP contribution in [0.4, 0.5) is 0 Å². The van der Waals surface area contributed by atoms with Crippen molar-refractivity contribution in [2.75, 3.05) is 0 Å². The molecular formula is C12H12BrClN2O2S. The molecule has 0 saturated carbocycles. The van der Waals surface area contributed by atoms with Gasteiger partial charge in [0.15, 0.2) is 0 Å². The van der Waals surface area contributed by atoms with Crippen molar-refractivity contribution in [1.82, 2.24) is 9.78 Å². The van der Waals surface area contributed by atoms with Crippen LogP contribution >= 0.6 is 26.6 Å². The summed E-state index contributed by atoms with van der Waals surface area (Å²) >= 11 is 3.40. The Morgan fingerprint density at radius 3 is 2.58 bits per heavy atom. The van der Waals surface area contributed by atoms with E-state index in [1.807, 2.05) is 24.3 Å². The third-order valence-corrected chi connectivity index (χ3v) is 4.81. The Kier molecular flexibility index (Phi) is 4.03. The highest BCUT2D eigenvalue weighted by molar-refractivity contribution is 9.10. The molecule has 0 amide bonds. The van der Waals surface area contributed by atoms with Crippen LogP contribution in [-0.2, 0) is 15.6 Å². The fourth-order valence-electron chi connectivity index (χ4n) is 2.00. The van der Waals surface area contributed by atoms with E-state index in [1.54, 1.807) is 18.5 Å². The summed E-state index contributed by atoms with van der Waals surface area (Å²) in [6.07, 6.45) is 0. The second-order valence-corrected chi connectivity index (χ2v) is 7.64. The number of aryl methyl sites for hydroxylation is 1. The van der Waals surface area contributed by atoms with E-state index in [-0.39, 0.29) is 4.90 Å². The fourth-order valence-corrected chi connectivity index (χ4v) is 3.96. The lowest BCUT2D eigenvalue weighted by atomic mass is 10.2. The van der Waals surface area contributed by atoms with Gasteiger partial charge in [-0.2, -0.15) is 5.10 Å². The molecule has 7 heteroatoms. The van der Waals surface area contributed by atoms with E-state index in [1.165, 1.54) is 0 Å². The highest BCUT2D eigenvalue weighted by Crippen LogP contribution is 2.24. The zero-order valence-electron chi connectivity index (χ0n) is 10.4. The van der Waals surface area contributed by atoms with Gasteiger partial charge in [0.25, 0.3) is 9.05 Å². The van der Waals surface area contributed by atoms with Crippen molar-refractivity contribution in [3.63, 3.8) is 0 Å². The predicted molar refractivity (Wildman–Crippen MR) is 78.0 cm³/mol. The Labute approximate surface area is 124 Å². The Balaban J connectivity index is 2.43. The van der Waals surface area contributed by atoms with Crippen molar-refractivity contribution in [3.8, 4) is 0 Å². The van der Waals surface area contributed by atoms with Gasteiger partial charge in [-0.1, -0.05) is 28.1 Å². The van der Waals surface area contributed by atoms with Gasteiger partial charge in [0.1, 0.15) is 4.90 Å². The van der Waals surface area contributed by atoms with Crippen molar-refractivity contribution in [3.05, 3.63) is 45.7 Å². The standard InChI is InChI=1S/C12H12BrClN2O2S/c1-8-12(19(14,17)18)9(2)16(15-8)7-10-4-3-5-11(13)6-10/h3-6H,7H2,1-2H3. The predicted octanol–water partition coefficient (Wildman–Crippen LogP) is 3.24. The minimum absolute atomic E-state index is 0.101. The van der Waals surface area contributed by atoms with Crippen LogP contribution < -0.4 is 0 Å². The molecular weight excluding hydrogens is 352 g/mol. The Morgan fingerprint density at radius 1 is 1.37 bits per heavy atom. The molecule has 0 atom stereocenters. The van der Waals surface area contributed by atoms with Gasteiger partial charge in [-0.3, -0.25) is 4.68 Å². The van der Waals surface area contributed by atoms with Crippen LogP contribution in [0, 0.1) is 13.8 Å². The Bertz CT molecular complexity index is 725. The lowest BCUT2D eigenvalue weighted by Gasteiger charge is -2.05. The summed E-state index contributed by atoms with van der Waals surface area (Å²) in [7, 11) is 1.66. The summed E-state index contributed by atoms with van der Waals surface area (Å²) in [5.74, 6) is 0. The molecule has 1 aromatic carbocycles. The highest BCUT2D eigenvalue weighted by atomic mass is 79.9. The van der Waals surface area contributed by atoms with Crippen LogP contribution in [0.25, 0.3) is 0 Å². The number of halogens is 2. The summed E-state index contributed by atoms with van der Waals surface area (Å²) in [4.78, 5) is 0.101. The van der Waals surface area contributed by atoms with Crippen molar-refractivity contribution >= 4 is 35.7 Å². The first-order valence-electron chi connectivity index (χ1n) is 5.52. The molecule has 0 unspecified atom stereocenters. The second-order valence-electron chi connectivity index (χ2n) is 4.23. The maximum absolute atomic E-state index is 11.5. The van der Waals surface area contributed by atoms with E-state index in [0.29, 0.717) is 17.9 Å².